The zero-order valence-electron chi connectivity index (χ0n) is 10.5. The Hall–Kier alpha value is -1.39. The summed E-state index contributed by atoms with van der Waals surface area (Å²) in [5.74, 6) is -0.338. The summed E-state index contributed by atoms with van der Waals surface area (Å²) in [5.41, 5.74) is 0.516. The number of hydroxylamine groups is 2. The number of alkyl halides is 1. The zero-order valence-corrected chi connectivity index (χ0v) is 11.3. The molecule has 1 aromatic rings. The number of halogens is 1. The van der Waals surface area contributed by atoms with Gasteiger partial charge in [0.15, 0.2) is 0 Å². The van der Waals surface area contributed by atoms with Gasteiger partial charge in [0.1, 0.15) is 6.29 Å². The van der Waals surface area contributed by atoms with Gasteiger partial charge in [-0.25, -0.2) is 4.79 Å². The number of benzene rings is 1. The van der Waals surface area contributed by atoms with Crippen molar-refractivity contribution in [1.29, 1.82) is 0 Å². The smallest absolute Gasteiger partial charge is 0.357 e. The Morgan fingerprint density at radius 1 is 1.42 bits per heavy atom. The Morgan fingerprint density at radius 2 is 2.16 bits per heavy atom. The van der Waals surface area contributed by atoms with E-state index in [0.717, 1.165) is 19.1 Å². The van der Waals surface area contributed by atoms with Gasteiger partial charge in [-0.05, 0) is 30.9 Å². The van der Waals surface area contributed by atoms with E-state index < -0.39 is 5.38 Å². The van der Waals surface area contributed by atoms with Gasteiger partial charge in [-0.2, -0.15) is 0 Å². The molecule has 2 rings (SSSR count). The van der Waals surface area contributed by atoms with E-state index in [-0.39, 0.29) is 11.9 Å². The first kappa shape index (κ1) is 14.0. The van der Waals surface area contributed by atoms with Crippen LogP contribution in [0, 0.1) is 5.92 Å². The molecule has 1 aliphatic heterocycles. The van der Waals surface area contributed by atoms with E-state index in [0.29, 0.717) is 18.7 Å². The van der Waals surface area contributed by atoms with Crippen molar-refractivity contribution in [2.45, 2.75) is 18.2 Å². The molecule has 1 aromatic carbocycles. The third-order valence-corrected chi connectivity index (χ3v) is 3.68. The standard InChI is InChI=1S/C14H16ClNO3/c15-13(10-17)12-7-4-8-16(9-12)19-14(18)11-5-2-1-3-6-11/h1-3,5-6,10,12-13H,4,7-9H2. The van der Waals surface area contributed by atoms with Crippen molar-refractivity contribution < 1.29 is 14.4 Å². The first-order valence-electron chi connectivity index (χ1n) is 6.32. The van der Waals surface area contributed by atoms with Gasteiger partial charge < -0.3 is 9.63 Å². The first-order valence-corrected chi connectivity index (χ1v) is 6.76. The van der Waals surface area contributed by atoms with Crippen molar-refractivity contribution in [1.82, 2.24) is 5.06 Å². The lowest BCUT2D eigenvalue weighted by Gasteiger charge is -2.31. The van der Waals surface area contributed by atoms with Gasteiger partial charge in [-0.3, -0.25) is 0 Å². The molecule has 5 heteroatoms. The molecule has 1 fully saturated rings. The summed E-state index contributed by atoms with van der Waals surface area (Å²) in [6, 6.07) is 8.84. The van der Waals surface area contributed by atoms with Crippen LogP contribution >= 0.6 is 11.6 Å². The first-order chi connectivity index (χ1) is 9.20. The monoisotopic (exact) mass is 281 g/mol. The van der Waals surface area contributed by atoms with E-state index in [1.54, 1.807) is 29.3 Å². The number of carbonyl (C=O) groups excluding carboxylic acids is 2. The maximum atomic E-state index is 11.9. The van der Waals surface area contributed by atoms with Gasteiger partial charge in [0.25, 0.3) is 0 Å². The lowest BCUT2D eigenvalue weighted by molar-refractivity contribution is -0.132. The van der Waals surface area contributed by atoms with Gasteiger partial charge in [-0.1, -0.05) is 18.2 Å². The fraction of sp³-hybridized carbons (Fsp3) is 0.429. The molecule has 4 nitrogen and oxygen atoms in total. The second kappa shape index (κ2) is 6.68. The fourth-order valence-corrected chi connectivity index (χ4v) is 2.38. The minimum atomic E-state index is -0.516. The largest absolute Gasteiger partial charge is 0.364 e. The molecule has 0 aliphatic carbocycles. The highest BCUT2D eigenvalue weighted by Crippen LogP contribution is 2.22. The highest BCUT2D eigenvalue weighted by Gasteiger charge is 2.28. The van der Waals surface area contributed by atoms with E-state index in [1.165, 1.54) is 0 Å². The van der Waals surface area contributed by atoms with Gasteiger partial charge in [0, 0.05) is 13.1 Å². The maximum absolute atomic E-state index is 11.9. The molecule has 1 aliphatic rings. The van der Waals surface area contributed by atoms with Crippen LogP contribution in [-0.4, -0.2) is 35.8 Å². The number of nitrogens with zero attached hydrogens (tertiary/aromatic N) is 1. The Morgan fingerprint density at radius 3 is 2.84 bits per heavy atom. The molecule has 2 atom stereocenters. The Balaban J connectivity index is 1.92. The van der Waals surface area contributed by atoms with Crippen molar-refractivity contribution in [2.75, 3.05) is 13.1 Å². The van der Waals surface area contributed by atoms with Crippen LogP contribution in [0.4, 0.5) is 0 Å². The van der Waals surface area contributed by atoms with Gasteiger partial charge in [0.05, 0.1) is 10.9 Å². The van der Waals surface area contributed by atoms with Crippen LogP contribution in [0.1, 0.15) is 23.2 Å². The van der Waals surface area contributed by atoms with E-state index in [2.05, 4.69) is 0 Å². The van der Waals surface area contributed by atoms with Crippen molar-refractivity contribution in [3.05, 3.63) is 35.9 Å². The van der Waals surface area contributed by atoms with E-state index in [4.69, 9.17) is 16.4 Å². The summed E-state index contributed by atoms with van der Waals surface area (Å²) in [5, 5.41) is 1.08. The number of carbonyl (C=O) groups is 2. The molecule has 0 aromatic heterocycles. The van der Waals surface area contributed by atoms with Crippen molar-refractivity contribution in [3.63, 3.8) is 0 Å². The summed E-state index contributed by atoms with van der Waals surface area (Å²) in [4.78, 5) is 27.9. The Labute approximate surface area is 117 Å². The molecule has 0 N–H and O–H groups in total. The number of hydrogen-bond donors (Lipinski definition) is 0. The quantitative estimate of drug-likeness (QED) is 0.627. The summed E-state index contributed by atoms with van der Waals surface area (Å²) in [7, 11) is 0. The highest BCUT2D eigenvalue weighted by molar-refractivity contribution is 6.27. The van der Waals surface area contributed by atoms with E-state index in [1.807, 2.05) is 6.07 Å². The van der Waals surface area contributed by atoms with E-state index >= 15 is 0 Å². The average molecular weight is 282 g/mol. The molecule has 1 heterocycles. The molecule has 0 amide bonds. The average Bonchev–Trinajstić information content (AvgIpc) is 2.47. The van der Waals surface area contributed by atoms with Crippen LogP contribution < -0.4 is 0 Å². The normalized spacial score (nSPS) is 21.6. The predicted molar refractivity (Wildman–Crippen MR) is 71.9 cm³/mol. The van der Waals surface area contributed by atoms with Gasteiger partial charge in [0.2, 0.25) is 0 Å². The number of piperidine rings is 1. The van der Waals surface area contributed by atoms with Crippen molar-refractivity contribution in [2.24, 2.45) is 5.92 Å². The van der Waals surface area contributed by atoms with Crippen LogP contribution in [0.3, 0.4) is 0 Å². The second-order valence-electron chi connectivity index (χ2n) is 4.62. The molecular weight excluding hydrogens is 266 g/mol. The third-order valence-electron chi connectivity index (χ3n) is 3.22. The number of hydrogen-bond acceptors (Lipinski definition) is 4. The molecular formula is C14H16ClNO3. The number of rotatable bonds is 4. The summed E-state index contributed by atoms with van der Waals surface area (Å²) >= 11 is 5.93. The summed E-state index contributed by atoms with van der Waals surface area (Å²) < 4.78 is 0. The van der Waals surface area contributed by atoms with Crippen LogP contribution in [0.2, 0.25) is 0 Å². The SMILES string of the molecule is O=CC(Cl)C1CCCN(OC(=O)c2ccccc2)C1. The molecule has 102 valence electrons. The van der Waals surface area contributed by atoms with Crippen molar-refractivity contribution in [3.8, 4) is 0 Å². The molecule has 19 heavy (non-hydrogen) atoms. The zero-order chi connectivity index (χ0) is 13.7. The van der Waals surface area contributed by atoms with Crippen LogP contribution in [0.5, 0.6) is 0 Å². The molecule has 0 radical (unpaired) electrons. The molecule has 0 spiro atoms. The van der Waals surface area contributed by atoms with Crippen LogP contribution in [0.15, 0.2) is 30.3 Å². The Bertz CT molecular complexity index is 438. The summed E-state index contributed by atoms with van der Waals surface area (Å²) in [6.07, 6.45) is 2.49. The molecule has 2 unspecified atom stereocenters. The highest BCUT2D eigenvalue weighted by atomic mass is 35.5. The fourth-order valence-electron chi connectivity index (χ4n) is 2.17. The summed E-state index contributed by atoms with van der Waals surface area (Å²) in [6.45, 7) is 1.18. The molecule has 1 saturated heterocycles. The minimum Gasteiger partial charge on any atom is -0.364 e. The molecule has 0 bridgehead atoms. The molecule has 0 saturated carbocycles. The van der Waals surface area contributed by atoms with Crippen LogP contribution in [0.25, 0.3) is 0 Å². The van der Waals surface area contributed by atoms with Crippen LogP contribution in [-0.2, 0) is 9.63 Å². The van der Waals surface area contributed by atoms with Gasteiger partial charge in [-0.15, -0.1) is 16.7 Å². The maximum Gasteiger partial charge on any atom is 0.357 e. The Kier molecular flexibility index (Phi) is 4.93. The lowest BCUT2D eigenvalue weighted by atomic mass is 9.96. The van der Waals surface area contributed by atoms with Crippen molar-refractivity contribution >= 4 is 23.9 Å². The third kappa shape index (κ3) is 3.78. The van der Waals surface area contributed by atoms with E-state index in [9.17, 15) is 9.59 Å². The number of aldehydes is 1. The van der Waals surface area contributed by atoms with Gasteiger partial charge >= 0.3 is 5.97 Å². The minimum absolute atomic E-state index is 0.0384. The second-order valence-corrected chi connectivity index (χ2v) is 5.12. The predicted octanol–water partition coefficient (Wildman–Crippen LogP) is 2.28. The lowest BCUT2D eigenvalue weighted by Crippen LogP contribution is -2.40. The topological polar surface area (TPSA) is 46.6 Å².